The molecule has 0 aliphatic rings. The first-order valence-electron chi connectivity index (χ1n) is 10.4. The van der Waals surface area contributed by atoms with Crippen molar-refractivity contribution in [2.75, 3.05) is 19.7 Å². The average molecular weight is 460 g/mol. The molecule has 0 aliphatic heterocycles. The number of carbonyl (C=O) groups excluding carboxylic acids is 1. The van der Waals surface area contributed by atoms with Crippen molar-refractivity contribution in [3.63, 3.8) is 0 Å². The van der Waals surface area contributed by atoms with Crippen molar-refractivity contribution in [2.24, 2.45) is 0 Å². The lowest BCUT2D eigenvalue weighted by Crippen LogP contribution is -2.28. The van der Waals surface area contributed by atoms with Crippen LogP contribution in [0.1, 0.15) is 44.1 Å². The van der Waals surface area contributed by atoms with E-state index in [0.717, 1.165) is 0 Å². The van der Waals surface area contributed by atoms with E-state index in [4.69, 9.17) is 9.84 Å². The van der Waals surface area contributed by atoms with Crippen LogP contribution in [0, 0.1) is 0 Å². The second-order valence-electron chi connectivity index (χ2n) is 7.28. The molecule has 1 unspecified atom stereocenters. The van der Waals surface area contributed by atoms with E-state index in [2.05, 4.69) is 0 Å². The molecule has 2 aromatic carbocycles. The number of sulfone groups is 1. The molecule has 0 spiro atoms. The number of hydrogen-bond donors (Lipinski definition) is 1. The van der Waals surface area contributed by atoms with E-state index < -0.39 is 27.7 Å². The van der Waals surface area contributed by atoms with Gasteiger partial charge in [-0.25, -0.2) is 13.2 Å². The van der Waals surface area contributed by atoms with E-state index in [-0.39, 0.29) is 16.6 Å². The van der Waals surface area contributed by atoms with Crippen LogP contribution in [0.25, 0.3) is 5.57 Å². The van der Waals surface area contributed by atoms with Crippen LogP contribution in [0.4, 0.5) is 0 Å². The van der Waals surface area contributed by atoms with Crippen molar-refractivity contribution >= 4 is 27.3 Å². The van der Waals surface area contributed by atoms with Gasteiger partial charge in [0, 0.05) is 19.2 Å². The number of carboxylic acids is 1. The molecular weight excluding hydrogens is 430 g/mol. The summed E-state index contributed by atoms with van der Waals surface area (Å²) in [6, 6.07) is 13.2. The van der Waals surface area contributed by atoms with Gasteiger partial charge in [0.2, 0.25) is 5.91 Å². The van der Waals surface area contributed by atoms with Gasteiger partial charge in [0.25, 0.3) is 0 Å². The number of hydrogen-bond acceptors (Lipinski definition) is 5. The Bertz CT molecular complexity index is 1090. The molecule has 1 N–H and O–H groups in total. The highest BCUT2D eigenvalue weighted by atomic mass is 32.2. The molecule has 2 rings (SSSR count). The molecule has 0 bridgehead atoms. The largest absolute Gasteiger partial charge is 0.481 e. The number of ether oxygens (including phenoxy) is 1. The zero-order chi connectivity index (χ0) is 23.9. The Hall–Kier alpha value is -3.13. The summed E-state index contributed by atoms with van der Waals surface area (Å²) in [5.74, 6) is -1.44. The minimum absolute atomic E-state index is 0.0595. The predicted molar refractivity (Wildman–Crippen MR) is 123 cm³/mol. The first-order valence-corrected chi connectivity index (χ1v) is 11.9. The maximum atomic E-state index is 13.3. The first kappa shape index (κ1) is 25.1. The molecule has 1 atom stereocenters. The summed E-state index contributed by atoms with van der Waals surface area (Å²) in [5, 5.41) is 8.17. The molecule has 172 valence electrons. The molecule has 32 heavy (non-hydrogen) atoms. The number of carboxylic acid groups (broad SMARTS) is 1. The van der Waals surface area contributed by atoms with Gasteiger partial charge in [0.05, 0.1) is 5.25 Å². The Morgan fingerprint density at radius 3 is 2.28 bits per heavy atom. The molecule has 0 aromatic heterocycles. The minimum atomic E-state index is -3.87. The van der Waals surface area contributed by atoms with Crippen molar-refractivity contribution in [3.05, 3.63) is 65.7 Å². The van der Waals surface area contributed by atoms with Crippen molar-refractivity contribution < 1.29 is 27.9 Å². The fourth-order valence-electron chi connectivity index (χ4n) is 3.23. The monoisotopic (exact) mass is 459 g/mol. The third-order valence-corrected chi connectivity index (χ3v) is 7.36. The van der Waals surface area contributed by atoms with E-state index >= 15 is 0 Å². The van der Waals surface area contributed by atoms with Gasteiger partial charge in [-0.05, 0) is 56.5 Å². The quantitative estimate of drug-likeness (QED) is 0.540. The number of amides is 1. The molecule has 0 radical (unpaired) electrons. The summed E-state index contributed by atoms with van der Waals surface area (Å²) in [4.78, 5) is 25.0. The lowest BCUT2D eigenvalue weighted by Gasteiger charge is -2.18. The third-order valence-electron chi connectivity index (χ3n) is 5.21. The molecular formula is C24H29NO6S. The lowest BCUT2D eigenvalue weighted by molar-refractivity contribution is -0.139. The van der Waals surface area contributed by atoms with Gasteiger partial charge in [-0.1, -0.05) is 36.4 Å². The maximum Gasteiger partial charge on any atom is 0.341 e. The van der Waals surface area contributed by atoms with Crippen LogP contribution in [-0.2, 0) is 19.4 Å². The van der Waals surface area contributed by atoms with Crippen molar-refractivity contribution in [2.45, 2.75) is 37.8 Å². The number of aliphatic carboxylic acids is 1. The molecule has 7 nitrogen and oxygen atoms in total. The molecule has 8 heteroatoms. The second kappa shape index (κ2) is 10.9. The number of allylic oxidation sites excluding steroid dienone is 1. The van der Waals surface area contributed by atoms with Crippen molar-refractivity contribution in [1.29, 1.82) is 0 Å². The Morgan fingerprint density at radius 1 is 1.09 bits per heavy atom. The normalized spacial score (nSPS) is 12.8. The van der Waals surface area contributed by atoms with Crippen LogP contribution < -0.4 is 4.74 Å². The summed E-state index contributed by atoms with van der Waals surface area (Å²) in [6.07, 6.45) is 1.48. The van der Waals surface area contributed by atoms with Crippen molar-refractivity contribution in [3.8, 4) is 5.75 Å². The summed E-state index contributed by atoms with van der Waals surface area (Å²) in [6.45, 7) is 7.53. The van der Waals surface area contributed by atoms with Crippen LogP contribution >= 0.6 is 0 Å². The van der Waals surface area contributed by atoms with Gasteiger partial charge in [0.15, 0.2) is 16.4 Å². The van der Waals surface area contributed by atoms with Gasteiger partial charge < -0.3 is 14.7 Å². The predicted octanol–water partition coefficient (Wildman–Crippen LogP) is 3.96. The Morgan fingerprint density at radius 2 is 1.72 bits per heavy atom. The number of rotatable bonds is 10. The van der Waals surface area contributed by atoms with Crippen LogP contribution in [0.5, 0.6) is 5.75 Å². The second-order valence-corrected chi connectivity index (χ2v) is 9.52. The van der Waals surface area contributed by atoms with Crippen LogP contribution in [-0.4, -0.2) is 50.0 Å². The fraction of sp³-hybridized carbons (Fsp3) is 0.333. The van der Waals surface area contributed by atoms with E-state index in [1.54, 1.807) is 55.1 Å². The van der Waals surface area contributed by atoms with Gasteiger partial charge in [-0.2, -0.15) is 0 Å². The summed E-state index contributed by atoms with van der Waals surface area (Å²) >= 11 is 0. The highest BCUT2D eigenvalue weighted by molar-refractivity contribution is 7.91. The molecule has 0 aliphatic carbocycles. The molecule has 0 saturated carbocycles. The summed E-state index contributed by atoms with van der Waals surface area (Å²) in [7, 11) is -3.87. The first-order chi connectivity index (χ1) is 15.1. The van der Waals surface area contributed by atoms with Crippen LogP contribution in [0.3, 0.4) is 0 Å². The molecule has 1 amide bonds. The molecule has 0 heterocycles. The summed E-state index contributed by atoms with van der Waals surface area (Å²) < 4.78 is 32.0. The smallest absolute Gasteiger partial charge is 0.341 e. The van der Waals surface area contributed by atoms with E-state index in [1.807, 2.05) is 13.8 Å². The van der Waals surface area contributed by atoms with E-state index in [1.165, 1.54) is 18.2 Å². The van der Waals surface area contributed by atoms with Gasteiger partial charge in [0.1, 0.15) is 10.6 Å². The van der Waals surface area contributed by atoms with E-state index in [0.29, 0.717) is 29.8 Å². The van der Waals surface area contributed by atoms with E-state index in [9.17, 15) is 18.0 Å². The van der Waals surface area contributed by atoms with Crippen LogP contribution in [0.2, 0.25) is 0 Å². The zero-order valence-electron chi connectivity index (χ0n) is 18.7. The summed E-state index contributed by atoms with van der Waals surface area (Å²) in [5.41, 5.74) is 1.79. The standard InChI is InChI=1S/C24H29NO6S/c1-5-25(6-2)23(26)14-17(3)20-12-13-22(21(15-20)31-16-24(27)28)32(29,30)18(4)19-10-8-7-9-11-19/h7-15,18H,5-6,16H2,1-4H3,(H,27,28)/b17-14+. The third kappa shape index (κ3) is 5.97. The fourth-order valence-corrected chi connectivity index (χ4v) is 4.78. The molecule has 0 saturated heterocycles. The lowest BCUT2D eigenvalue weighted by atomic mass is 10.1. The van der Waals surface area contributed by atoms with Gasteiger partial charge >= 0.3 is 5.97 Å². The van der Waals surface area contributed by atoms with Gasteiger partial charge in [-0.15, -0.1) is 0 Å². The van der Waals surface area contributed by atoms with Gasteiger partial charge in [-0.3, -0.25) is 4.79 Å². The number of benzene rings is 2. The number of carbonyl (C=O) groups is 2. The molecule has 0 fully saturated rings. The number of likely N-dealkylation sites (N-methyl/N-ethyl adjacent to an activating group) is 1. The Balaban J connectivity index is 2.50. The highest BCUT2D eigenvalue weighted by Crippen LogP contribution is 2.35. The van der Waals surface area contributed by atoms with Crippen molar-refractivity contribution in [1.82, 2.24) is 4.90 Å². The topological polar surface area (TPSA) is 101 Å². The Labute approximate surface area is 189 Å². The SMILES string of the molecule is CCN(CC)C(=O)/C=C(\C)c1ccc(S(=O)(=O)C(C)c2ccccc2)c(OCC(=O)O)c1. The zero-order valence-corrected chi connectivity index (χ0v) is 19.6. The van der Waals surface area contributed by atoms with Crippen LogP contribution in [0.15, 0.2) is 59.5 Å². The minimum Gasteiger partial charge on any atom is -0.481 e. The molecule has 2 aromatic rings. The number of nitrogens with zero attached hydrogens (tertiary/aromatic N) is 1. The highest BCUT2D eigenvalue weighted by Gasteiger charge is 2.28. The average Bonchev–Trinajstić information content (AvgIpc) is 2.78. The maximum absolute atomic E-state index is 13.3. The Kier molecular flexibility index (Phi) is 8.60.